The normalized spacial score (nSPS) is 17.0. The van der Waals surface area contributed by atoms with Crippen LogP contribution in [-0.2, 0) is 11.3 Å². The molecule has 0 spiro atoms. The lowest BCUT2D eigenvalue weighted by Gasteiger charge is -2.33. The Morgan fingerprint density at radius 1 is 1.31 bits per heavy atom. The van der Waals surface area contributed by atoms with Gasteiger partial charge in [0.15, 0.2) is 0 Å². The molecule has 2 aromatic rings. The van der Waals surface area contributed by atoms with E-state index in [1.165, 1.54) is 6.07 Å². The summed E-state index contributed by atoms with van der Waals surface area (Å²) in [6.45, 7) is 3.90. The maximum Gasteiger partial charge on any atom is 0.318 e. The van der Waals surface area contributed by atoms with E-state index in [1.807, 2.05) is 50.4 Å². The van der Waals surface area contributed by atoms with Crippen molar-refractivity contribution in [3.63, 3.8) is 0 Å². The SMILES string of the molecule is CC1COCCN1C(=O)NCc1ccc(N(C)c2ccccc2)c(F)c1. The van der Waals surface area contributed by atoms with E-state index in [0.717, 1.165) is 11.3 Å². The molecule has 2 amide bonds. The number of amides is 2. The number of carbonyl (C=O) groups is 1. The van der Waals surface area contributed by atoms with Gasteiger partial charge in [-0.1, -0.05) is 24.3 Å². The van der Waals surface area contributed by atoms with Crippen molar-refractivity contribution in [1.29, 1.82) is 0 Å². The third kappa shape index (κ3) is 4.14. The van der Waals surface area contributed by atoms with Crippen LogP contribution in [0.5, 0.6) is 0 Å². The molecule has 1 heterocycles. The number of halogens is 1. The van der Waals surface area contributed by atoms with E-state index >= 15 is 0 Å². The highest BCUT2D eigenvalue weighted by atomic mass is 19.1. The summed E-state index contributed by atoms with van der Waals surface area (Å²) in [5.41, 5.74) is 2.13. The van der Waals surface area contributed by atoms with Crippen LogP contribution in [0.3, 0.4) is 0 Å². The van der Waals surface area contributed by atoms with Gasteiger partial charge in [-0.25, -0.2) is 9.18 Å². The van der Waals surface area contributed by atoms with Crippen LogP contribution in [0.4, 0.5) is 20.6 Å². The minimum Gasteiger partial charge on any atom is -0.377 e. The zero-order valence-electron chi connectivity index (χ0n) is 15.1. The highest BCUT2D eigenvalue weighted by Crippen LogP contribution is 2.26. The average molecular weight is 357 g/mol. The second-order valence-corrected chi connectivity index (χ2v) is 6.46. The summed E-state index contributed by atoms with van der Waals surface area (Å²) >= 11 is 0. The van der Waals surface area contributed by atoms with Gasteiger partial charge in [0.05, 0.1) is 24.9 Å². The van der Waals surface area contributed by atoms with Gasteiger partial charge in [-0.05, 0) is 36.8 Å². The van der Waals surface area contributed by atoms with Crippen molar-refractivity contribution in [3.05, 3.63) is 59.9 Å². The predicted octanol–water partition coefficient (Wildman–Crippen LogP) is 3.52. The van der Waals surface area contributed by atoms with Gasteiger partial charge in [0, 0.05) is 25.8 Å². The Kier molecular flexibility index (Phi) is 5.73. The fourth-order valence-corrected chi connectivity index (χ4v) is 3.03. The molecule has 0 bridgehead atoms. The number of nitrogens with one attached hydrogen (secondary N) is 1. The third-order valence-corrected chi connectivity index (χ3v) is 4.59. The summed E-state index contributed by atoms with van der Waals surface area (Å²) in [4.78, 5) is 15.8. The van der Waals surface area contributed by atoms with Crippen molar-refractivity contribution in [2.45, 2.75) is 19.5 Å². The topological polar surface area (TPSA) is 44.8 Å². The van der Waals surface area contributed by atoms with Crippen molar-refractivity contribution in [2.24, 2.45) is 0 Å². The lowest BCUT2D eigenvalue weighted by molar-refractivity contribution is 0.0190. The number of morpholine rings is 1. The molecular weight excluding hydrogens is 333 g/mol. The standard InChI is InChI=1S/C20H24FN3O2/c1-15-14-26-11-10-24(15)20(25)22-13-16-8-9-19(18(21)12-16)23(2)17-6-4-3-5-7-17/h3-9,12,15H,10-11,13-14H2,1-2H3,(H,22,25). The Balaban J connectivity index is 1.63. The maximum absolute atomic E-state index is 14.5. The molecule has 138 valence electrons. The molecule has 1 saturated heterocycles. The Bertz CT molecular complexity index is 754. The number of ether oxygens (including phenoxy) is 1. The van der Waals surface area contributed by atoms with E-state index in [2.05, 4.69) is 5.32 Å². The van der Waals surface area contributed by atoms with Gasteiger partial charge in [0.25, 0.3) is 0 Å². The molecule has 0 aliphatic carbocycles. The molecule has 2 aromatic carbocycles. The summed E-state index contributed by atoms with van der Waals surface area (Å²) in [6.07, 6.45) is 0. The number of carbonyl (C=O) groups excluding carboxylic acids is 1. The van der Waals surface area contributed by atoms with E-state index in [1.54, 1.807) is 15.9 Å². The summed E-state index contributed by atoms with van der Waals surface area (Å²) in [7, 11) is 1.83. The highest BCUT2D eigenvalue weighted by Gasteiger charge is 2.23. The Labute approximate surface area is 153 Å². The number of urea groups is 1. The van der Waals surface area contributed by atoms with Crippen LogP contribution in [0.25, 0.3) is 0 Å². The zero-order chi connectivity index (χ0) is 18.5. The fraction of sp³-hybridized carbons (Fsp3) is 0.350. The first-order chi connectivity index (χ1) is 12.6. The number of benzene rings is 2. The predicted molar refractivity (Wildman–Crippen MR) is 100 cm³/mol. The zero-order valence-corrected chi connectivity index (χ0v) is 15.1. The summed E-state index contributed by atoms with van der Waals surface area (Å²) in [5, 5.41) is 2.86. The minimum atomic E-state index is -0.317. The molecule has 1 aliphatic heterocycles. The van der Waals surface area contributed by atoms with E-state index in [-0.39, 0.29) is 24.4 Å². The van der Waals surface area contributed by atoms with Crippen LogP contribution in [0.1, 0.15) is 12.5 Å². The molecule has 6 heteroatoms. The summed E-state index contributed by atoms with van der Waals surface area (Å²) < 4.78 is 19.9. The number of nitrogens with zero attached hydrogens (tertiary/aromatic N) is 2. The first kappa shape index (κ1) is 18.2. The number of rotatable bonds is 4. The monoisotopic (exact) mass is 357 g/mol. The lowest BCUT2D eigenvalue weighted by atomic mass is 10.1. The van der Waals surface area contributed by atoms with E-state index in [0.29, 0.717) is 25.4 Å². The average Bonchev–Trinajstić information content (AvgIpc) is 2.67. The molecule has 1 fully saturated rings. The van der Waals surface area contributed by atoms with Crippen LogP contribution in [0.2, 0.25) is 0 Å². The van der Waals surface area contributed by atoms with E-state index in [4.69, 9.17) is 4.74 Å². The lowest BCUT2D eigenvalue weighted by Crippen LogP contribution is -2.51. The smallest absolute Gasteiger partial charge is 0.318 e. The molecule has 0 saturated carbocycles. The number of hydrogen-bond donors (Lipinski definition) is 1. The Hall–Kier alpha value is -2.60. The van der Waals surface area contributed by atoms with Gasteiger partial charge < -0.3 is 19.9 Å². The van der Waals surface area contributed by atoms with Gasteiger partial charge in [-0.2, -0.15) is 0 Å². The van der Waals surface area contributed by atoms with Crippen molar-refractivity contribution in [3.8, 4) is 0 Å². The van der Waals surface area contributed by atoms with Gasteiger partial charge in [0.1, 0.15) is 5.82 Å². The molecule has 1 aliphatic rings. The number of anilines is 2. The highest BCUT2D eigenvalue weighted by molar-refractivity contribution is 5.74. The molecule has 1 atom stereocenters. The summed E-state index contributed by atoms with van der Waals surface area (Å²) in [6, 6.07) is 14.6. The molecule has 1 unspecified atom stereocenters. The number of para-hydroxylation sites is 1. The molecule has 1 N–H and O–H groups in total. The minimum absolute atomic E-state index is 0.0439. The Morgan fingerprint density at radius 3 is 2.77 bits per heavy atom. The molecule has 3 rings (SSSR count). The van der Waals surface area contributed by atoms with Crippen LogP contribution >= 0.6 is 0 Å². The van der Waals surface area contributed by atoms with Crippen LogP contribution in [0.15, 0.2) is 48.5 Å². The number of hydrogen-bond acceptors (Lipinski definition) is 3. The molecular formula is C20H24FN3O2. The van der Waals surface area contributed by atoms with E-state index in [9.17, 15) is 9.18 Å². The van der Waals surface area contributed by atoms with Crippen LogP contribution in [0, 0.1) is 5.82 Å². The second kappa shape index (κ2) is 8.19. The largest absolute Gasteiger partial charge is 0.377 e. The molecule has 5 nitrogen and oxygen atoms in total. The van der Waals surface area contributed by atoms with Gasteiger partial charge >= 0.3 is 6.03 Å². The molecule has 26 heavy (non-hydrogen) atoms. The molecule has 0 radical (unpaired) electrons. The maximum atomic E-state index is 14.5. The summed E-state index contributed by atoms with van der Waals surface area (Å²) in [5.74, 6) is -0.317. The first-order valence-corrected chi connectivity index (χ1v) is 8.75. The third-order valence-electron chi connectivity index (χ3n) is 4.59. The Morgan fingerprint density at radius 2 is 2.08 bits per heavy atom. The first-order valence-electron chi connectivity index (χ1n) is 8.75. The van der Waals surface area contributed by atoms with Crippen molar-refractivity contribution >= 4 is 17.4 Å². The fourth-order valence-electron chi connectivity index (χ4n) is 3.03. The quantitative estimate of drug-likeness (QED) is 0.911. The van der Waals surface area contributed by atoms with Gasteiger partial charge in [-0.3, -0.25) is 0 Å². The molecule has 0 aromatic heterocycles. The van der Waals surface area contributed by atoms with Crippen molar-refractivity contribution < 1.29 is 13.9 Å². The van der Waals surface area contributed by atoms with Crippen molar-refractivity contribution in [1.82, 2.24) is 10.2 Å². The van der Waals surface area contributed by atoms with E-state index < -0.39 is 0 Å². The van der Waals surface area contributed by atoms with Gasteiger partial charge in [0.2, 0.25) is 0 Å². The van der Waals surface area contributed by atoms with Crippen molar-refractivity contribution in [2.75, 3.05) is 31.7 Å². The van der Waals surface area contributed by atoms with Crippen LogP contribution < -0.4 is 10.2 Å². The second-order valence-electron chi connectivity index (χ2n) is 6.46. The van der Waals surface area contributed by atoms with Crippen LogP contribution in [-0.4, -0.2) is 43.8 Å². The van der Waals surface area contributed by atoms with Gasteiger partial charge in [-0.15, -0.1) is 0 Å².